The summed E-state index contributed by atoms with van der Waals surface area (Å²) in [5.74, 6) is -0.0479. The first-order valence-electron chi connectivity index (χ1n) is 7.61. The Morgan fingerprint density at radius 1 is 1.41 bits per heavy atom. The number of aryl methyl sites for hydroxylation is 1. The molecule has 0 aromatic carbocycles. The summed E-state index contributed by atoms with van der Waals surface area (Å²) < 4.78 is 1.74. The molecule has 6 nitrogen and oxygen atoms in total. The van der Waals surface area contributed by atoms with Gasteiger partial charge in [-0.25, -0.2) is 4.98 Å². The van der Waals surface area contributed by atoms with Gasteiger partial charge < -0.3 is 9.88 Å². The standard InChI is InChI=1S/C16H21N5O/c1-20-12-18-9-15(20)16(22)19-14-5-3-7-21(11-14)10-13-4-2-6-17-8-13/h2,4,6,8-9,12,14H,3,5,7,10-11H2,1H3,(H,19,22)/t14-/m0/s1. The van der Waals surface area contributed by atoms with Gasteiger partial charge in [-0.05, 0) is 31.0 Å². The number of likely N-dealkylation sites (tertiary alicyclic amines) is 1. The van der Waals surface area contributed by atoms with E-state index >= 15 is 0 Å². The van der Waals surface area contributed by atoms with E-state index in [2.05, 4.69) is 26.3 Å². The van der Waals surface area contributed by atoms with Gasteiger partial charge in [0.2, 0.25) is 0 Å². The van der Waals surface area contributed by atoms with Crippen LogP contribution in [0.2, 0.25) is 0 Å². The van der Waals surface area contributed by atoms with Crippen LogP contribution < -0.4 is 5.32 Å². The van der Waals surface area contributed by atoms with Crippen LogP contribution in [0.4, 0.5) is 0 Å². The molecule has 3 rings (SSSR count). The van der Waals surface area contributed by atoms with E-state index in [9.17, 15) is 4.79 Å². The van der Waals surface area contributed by atoms with Crippen molar-refractivity contribution in [3.05, 3.63) is 48.3 Å². The van der Waals surface area contributed by atoms with Crippen LogP contribution in [-0.2, 0) is 13.6 Å². The number of imidazole rings is 1. The summed E-state index contributed by atoms with van der Waals surface area (Å²) >= 11 is 0. The number of piperidine rings is 1. The average Bonchev–Trinajstić information content (AvgIpc) is 2.95. The summed E-state index contributed by atoms with van der Waals surface area (Å²) in [7, 11) is 1.83. The van der Waals surface area contributed by atoms with E-state index in [1.54, 1.807) is 23.3 Å². The van der Waals surface area contributed by atoms with Gasteiger partial charge in [-0.3, -0.25) is 14.7 Å². The summed E-state index contributed by atoms with van der Waals surface area (Å²) in [6, 6.07) is 4.24. The van der Waals surface area contributed by atoms with Gasteiger partial charge in [-0.1, -0.05) is 6.07 Å². The van der Waals surface area contributed by atoms with Crippen molar-refractivity contribution in [1.29, 1.82) is 0 Å². The molecule has 1 fully saturated rings. The number of carbonyl (C=O) groups excluding carboxylic acids is 1. The molecule has 0 bridgehead atoms. The van der Waals surface area contributed by atoms with Gasteiger partial charge in [0.15, 0.2) is 0 Å². The highest BCUT2D eigenvalue weighted by atomic mass is 16.2. The fraction of sp³-hybridized carbons (Fsp3) is 0.438. The quantitative estimate of drug-likeness (QED) is 0.922. The lowest BCUT2D eigenvalue weighted by Crippen LogP contribution is -2.47. The molecule has 0 spiro atoms. The highest BCUT2D eigenvalue weighted by molar-refractivity contribution is 5.92. The maximum Gasteiger partial charge on any atom is 0.269 e. The molecule has 0 aliphatic carbocycles. The molecule has 1 N–H and O–H groups in total. The average molecular weight is 299 g/mol. The number of hydrogen-bond acceptors (Lipinski definition) is 4. The van der Waals surface area contributed by atoms with Crippen LogP contribution in [0.15, 0.2) is 37.1 Å². The normalized spacial score (nSPS) is 19.0. The predicted octanol–water partition coefficient (Wildman–Crippen LogP) is 1.21. The van der Waals surface area contributed by atoms with E-state index in [0.29, 0.717) is 5.69 Å². The number of pyridine rings is 1. The summed E-state index contributed by atoms with van der Waals surface area (Å²) in [4.78, 5) is 22.8. The summed E-state index contributed by atoms with van der Waals surface area (Å²) in [6.45, 7) is 2.82. The Morgan fingerprint density at radius 3 is 3.05 bits per heavy atom. The highest BCUT2D eigenvalue weighted by Gasteiger charge is 2.22. The Balaban J connectivity index is 1.57. The van der Waals surface area contributed by atoms with Crippen molar-refractivity contribution in [3.8, 4) is 0 Å². The second-order valence-corrected chi connectivity index (χ2v) is 5.80. The highest BCUT2D eigenvalue weighted by Crippen LogP contribution is 2.14. The molecule has 22 heavy (non-hydrogen) atoms. The zero-order chi connectivity index (χ0) is 15.4. The van der Waals surface area contributed by atoms with Crippen LogP contribution in [0.25, 0.3) is 0 Å². The Morgan fingerprint density at radius 2 is 2.32 bits per heavy atom. The van der Waals surface area contributed by atoms with Crippen molar-refractivity contribution in [1.82, 2.24) is 24.8 Å². The maximum atomic E-state index is 12.3. The topological polar surface area (TPSA) is 63.1 Å². The van der Waals surface area contributed by atoms with Gasteiger partial charge in [0, 0.05) is 38.6 Å². The van der Waals surface area contributed by atoms with Crippen molar-refractivity contribution in [2.45, 2.75) is 25.4 Å². The lowest BCUT2D eigenvalue weighted by molar-refractivity contribution is 0.0892. The van der Waals surface area contributed by atoms with Crippen molar-refractivity contribution in [3.63, 3.8) is 0 Å². The first kappa shape index (κ1) is 14.7. The van der Waals surface area contributed by atoms with Crippen molar-refractivity contribution in [2.75, 3.05) is 13.1 Å². The van der Waals surface area contributed by atoms with Crippen LogP contribution >= 0.6 is 0 Å². The molecule has 116 valence electrons. The molecular weight excluding hydrogens is 278 g/mol. The SMILES string of the molecule is Cn1cncc1C(=O)N[C@H]1CCCN(Cc2cccnc2)C1. The van der Waals surface area contributed by atoms with Crippen LogP contribution in [-0.4, -0.2) is 44.5 Å². The van der Waals surface area contributed by atoms with E-state index in [1.165, 1.54) is 5.56 Å². The minimum atomic E-state index is -0.0479. The molecule has 0 saturated carbocycles. The molecule has 1 saturated heterocycles. The molecule has 0 radical (unpaired) electrons. The van der Waals surface area contributed by atoms with E-state index in [-0.39, 0.29) is 11.9 Å². The maximum absolute atomic E-state index is 12.3. The zero-order valence-electron chi connectivity index (χ0n) is 12.8. The van der Waals surface area contributed by atoms with Gasteiger partial charge in [0.25, 0.3) is 5.91 Å². The van der Waals surface area contributed by atoms with E-state index < -0.39 is 0 Å². The molecule has 1 aliphatic rings. The minimum absolute atomic E-state index is 0.0479. The van der Waals surface area contributed by atoms with Crippen LogP contribution in [0.5, 0.6) is 0 Å². The van der Waals surface area contributed by atoms with Gasteiger partial charge in [0.05, 0.1) is 12.5 Å². The third-order valence-corrected chi connectivity index (χ3v) is 4.02. The number of rotatable bonds is 4. The van der Waals surface area contributed by atoms with E-state index in [1.807, 2.05) is 19.3 Å². The lowest BCUT2D eigenvalue weighted by atomic mass is 10.0. The fourth-order valence-corrected chi connectivity index (χ4v) is 2.90. The summed E-state index contributed by atoms with van der Waals surface area (Å²) in [6.07, 6.45) is 9.05. The molecule has 3 heterocycles. The molecule has 2 aromatic heterocycles. The molecular formula is C16H21N5O. The molecule has 0 unspecified atom stereocenters. The molecule has 1 aliphatic heterocycles. The monoisotopic (exact) mass is 299 g/mol. The number of nitrogens with zero attached hydrogens (tertiary/aromatic N) is 4. The number of nitrogens with one attached hydrogen (secondary N) is 1. The Kier molecular flexibility index (Phi) is 4.48. The first-order chi connectivity index (χ1) is 10.7. The largest absolute Gasteiger partial charge is 0.347 e. The number of aromatic nitrogens is 3. The Bertz CT molecular complexity index is 624. The molecule has 1 atom stereocenters. The molecule has 6 heteroatoms. The van der Waals surface area contributed by atoms with E-state index in [4.69, 9.17) is 0 Å². The van der Waals surface area contributed by atoms with Gasteiger partial charge >= 0.3 is 0 Å². The Hall–Kier alpha value is -2.21. The second-order valence-electron chi connectivity index (χ2n) is 5.80. The predicted molar refractivity (Wildman–Crippen MR) is 83.2 cm³/mol. The zero-order valence-corrected chi connectivity index (χ0v) is 12.8. The smallest absolute Gasteiger partial charge is 0.269 e. The number of amides is 1. The van der Waals surface area contributed by atoms with Gasteiger partial charge in [0.1, 0.15) is 5.69 Å². The third-order valence-electron chi connectivity index (χ3n) is 4.02. The summed E-state index contributed by atoms with van der Waals surface area (Å²) in [5, 5.41) is 3.12. The lowest BCUT2D eigenvalue weighted by Gasteiger charge is -2.33. The Labute approximate surface area is 130 Å². The first-order valence-corrected chi connectivity index (χ1v) is 7.61. The third kappa shape index (κ3) is 3.51. The van der Waals surface area contributed by atoms with Crippen molar-refractivity contribution >= 4 is 5.91 Å². The van der Waals surface area contributed by atoms with Crippen molar-refractivity contribution < 1.29 is 4.79 Å². The summed E-state index contributed by atoms with van der Waals surface area (Å²) in [5.41, 5.74) is 1.81. The minimum Gasteiger partial charge on any atom is -0.347 e. The molecule has 1 amide bonds. The van der Waals surface area contributed by atoms with Crippen LogP contribution in [0, 0.1) is 0 Å². The van der Waals surface area contributed by atoms with Crippen LogP contribution in [0.1, 0.15) is 28.9 Å². The molecule has 2 aromatic rings. The number of hydrogen-bond donors (Lipinski definition) is 1. The van der Waals surface area contributed by atoms with Gasteiger partial charge in [-0.15, -0.1) is 0 Å². The van der Waals surface area contributed by atoms with E-state index in [0.717, 1.165) is 32.5 Å². The van der Waals surface area contributed by atoms with Crippen LogP contribution in [0.3, 0.4) is 0 Å². The van der Waals surface area contributed by atoms with Crippen molar-refractivity contribution in [2.24, 2.45) is 7.05 Å². The second kappa shape index (κ2) is 6.70. The number of carbonyl (C=O) groups is 1. The van der Waals surface area contributed by atoms with Gasteiger partial charge in [-0.2, -0.15) is 0 Å². The fourth-order valence-electron chi connectivity index (χ4n) is 2.90.